The highest BCUT2D eigenvalue weighted by molar-refractivity contribution is 7.81. The molecule has 15 nitrogen and oxygen atoms in total. The maximum atomic E-state index is 13.0. The molecule has 0 aromatic carbocycles. The van der Waals surface area contributed by atoms with Crippen molar-refractivity contribution in [2.45, 2.75) is 224 Å². The van der Waals surface area contributed by atoms with Gasteiger partial charge in [0.25, 0.3) is 0 Å². The van der Waals surface area contributed by atoms with Gasteiger partial charge in [-0.3, -0.25) is 13.9 Å². The average Bonchev–Trinajstić information content (AvgIpc) is 3.14. The molecule has 1 aliphatic rings. The quantitative estimate of drug-likeness (QED) is 0.0209. The maximum Gasteiger partial charge on any atom is 0.397 e. The van der Waals surface area contributed by atoms with Crippen LogP contribution in [0.3, 0.4) is 0 Å². The average molecular weight is 860 g/mol. The van der Waals surface area contributed by atoms with Crippen molar-refractivity contribution in [3.8, 4) is 0 Å². The lowest BCUT2D eigenvalue weighted by molar-refractivity contribution is -0.297. The number of carbonyl (C=O) groups excluding carboxylic acids is 1. The van der Waals surface area contributed by atoms with E-state index in [-0.39, 0.29) is 12.3 Å². The summed E-state index contributed by atoms with van der Waals surface area (Å²) in [4.78, 5) is 13.0. The van der Waals surface area contributed by atoms with Gasteiger partial charge in [-0.05, 0) is 19.3 Å². The van der Waals surface area contributed by atoms with E-state index in [0.717, 1.165) is 38.5 Å². The van der Waals surface area contributed by atoms with E-state index in [2.05, 4.69) is 27.5 Å². The zero-order chi connectivity index (χ0) is 42.4. The van der Waals surface area contributed by atoms with Crippen molar-refractivity contribution in [1.82, 2.24) is 5.32 Å². The predicted octanol–water partition coefficient (Wildman–Crippen LogP) is 7.04. The van der Waals surface area contributed by atoms with Gasteiger partial charge < -0.3 is 30.1 Å². The third-order valence-electron chi connectivity index (χ3n) is 10.3. The van der Waals surface area contributed by atoms with Crippen LogP contribution >= 0.6 is 0 Å². The minimum atomic E-state index is -5.24. The van der Waals surface area contributed by atoms with Gasteiger partial charge in [0.05, 0.1) is 25.4 Å². The molecule has 17 heteroatoms. The van der Waals surface area contributed by atoms with E-state index in [1.165, 1.54) is 109 Å². The number of hydrogen-bond donors (Lipinski definition) is 6. The van der Waals surface area contributed by atoms with Crippen LogP contribution in [-0.4, -0.2) is 103 Å². The first-order valence-electron chi connectivity index (χ1n) is 21.7. The molecule has 1 fully saturated rings. The Morgan fingerprint density at radius 2 is 1.14 bits per heavy atom. The van der Waals surface area contributed by atoms with Crippen molar-refractivity contribution in [3.05, 3.63) is 12.2 Å². The monoisotopic (exact) mass is 859 g/mol. The second-order valence-electron chi connectivity index (χ2n) is 15.5. The van der Waals surface area contributed by atoms with Crippen molar-refractivity contribution >= 4 is 26.7 Å². The molecule has 0 aliphatic carbocycles. The highest BCUT2D eigenvalue weighted by Gasteiger charge is 2.48. The minimum absolute atomic E-state index is 0.206. The largest absolute Gasteiger partial charge is 0.397 e. The lowest BCUT2D eigenvalue weighted by Crippen LogP contribution is -2.61. The summed E-state index contributed by atoms with van der Waals surface area (Å²) in [5.74, 6) is -0.336. The van der Waals surface area contributed by atoms with E-state index in [0.29, 0.717) is 12.8 Å². The fraction of sp³-hybridized carbons (Fsp3) is 0.925. The fourth-order valence-electron chi connectivity index (χ4n) is 6.89. The van der Waals surface area contributed by atoms with Crippen LogP contribution in [0.2, 0.25) is 0 Å². The highest BCUT2D eigenvalue weighted by atomic mass is 32.3. The SMILES string of the molecule is CCCCCCCCCCCCC/C=C/[C@@H](O)[C@H](CO[C@@H]1O[C@@H](COS(=O)(=O)O)[C@@H](O)[C@H](OS(=O)(=O)O)[C@@H]1O)NC(=O)CCCCCCCCCCCCCCC. The summed E-state index contributed by atoms with van der Waals surface area (Å²) < 4.78 is 83.2. The Morgan fingerprint density at radius 3 is 1.60 bits per heavy atom. The smallest absolute Gasteiger partial charge is 0.387 e. The zero-order valence-electron chi connectivity index (χ0n) is 34.7. The van der Waals surface area contributed by atoms with Crippen LogP contribution in [0.25, 0.3) is 0 Å². The standard InChI is InChI=1S/C40H77NO14S2/c1-3-5-7-9-11-13-15-17-19-21-23-25-27-29-34(42)33(41-36(43)30-28-26-24-22-20-18-16-14-12-10-8-6-4-2)31-52-40-38(45)39(55-57(49,50)51)37(44)35(54-40)32-53-56(46,47)48/h27,29,33-35,37-40,42,44-45H,3-26,28,30-32H2,1-2H3,(H,41,43)(H,46,47,48)(H,49,50,51)/b29-27+/t33-,34+,35-,37+,38-,39-,40+/m0/s1. The van der Waals surface area contributed by atoms with Gasteiger partial charge in [0.15, 0.2) is 6.29 Å². The lowest BCUT2D eigenvalue weighted by Gasteiger charge is -2.41. The Labute approximate surface area is 344 Å². The molecule has 0 bridgehead atoms. The molecule has 1 rings (SSSR count). The van der Waals surface area contributed by atoms with E-state index in [1.54, 1.807) is 6.08 Å². The van der Waals surface area contributed by atoms with Gasteiger partial charge in [-0.25, -0.2) is 8.37 Å². The summed E-state index contributed by atoms with van der Waals surface area (Å²) in [6.07, 6.45) is 21.6. The first kappa shape index (κ1) is 53.8. The van der Waals surface area contributed by atoms with Gasteiger partial charge in [-0.1, -0.05) is 167 Å². The molecule has 0 unspecified atom stereocenters. The summed E-state index contributed by atoms with van der Waals surface area (Å²) in [6, 6.07) is -1.05. The first-order chi connectivity index (χ1) is 27.2. The van der Waals surface area contributed by atoms with Crippen LogP contribution in [0.5, 0.6) is 0 Å². The number of aliphatic hydroxyl groups is 3. The second kappa shape index (κ2) is 32.5. The number of amides is 1. The summed E-state index contributed by atoms with van der Waals surface area (Å²) in [5.41, 5.74) is 0. The molecule has 0 aromatic rings. The fourth-order valence-corrected chi connectivity index (χ4v) is 7.70. The minimum Gasteiger partial charge on any atom is -0.387 e. The summed E-state index contributed by atoms with van der Waals surface area (Å²) in [5, 5.41) is 35.2. The van der Waals surface area contributed by atoms with Crippen LogP contribution in [-0.2, 0) is 43.4 Å². The normalized spacial score (nSPS) is 21.6. The van der Waals surface area contributed by atoms with Crippen LogP contribution in [0.15, 0.2) is 12.2 Å². The molecule has 1 heterocycles. The van der Waals surface area contributed by atoms with Crippen LogP contribution in [0.4, 0.5) is 0 Å². The number of hydrogen-bond acceptors (Lipinski definition) is 12. The number of nitrogens with one attached hydrogen (secondary N) is 1. The number of unbranched alkanes of at least 4 members (excludes halogenated alkanes) is 23. The number of rotatable bonds is 37. The van der Waals surface area contributed by atoms with Crippen LogP contribution in [0, 0.1) is 0 Å². The Hall–Kier alpha value is -1.25. The molecule has 7 atom stereocenters. The Morgan fingerprint density at radius 1 is 0.684 bits per heavy atom. The number of carbonyl (C=O) groups is 1. The van der Waals surface area contributed by atoms with Crippen molar-refractivity contribution in [2.24, 2.45) is 0 Å². The Balaban J connectivity index is 2.74. The molecular formula is C40H77NO14S2. The third kappa shape index (κ3) is 28.8. The zero-order valence-corrected chi connectivity index (χ0v) is 36.4. The van der Waals surface area contributed by atoms with Gasteiger partial charge in [0.2, 0.25) is 5.91 Å². The first-order valence-corrected chi connectivity index (χ1v) is 24.5. The molecule has 1 amide bonds. The predicted molar refractivity (Wildman–Crippen MR) is 219 cm³/mol. The van der Waals surface area contributed by atoms with E-state index in [1.807, 2.05) is 6.08 Å². The summed E-state index contributed by atoms with van der Waals surface area (Å²) >= 11 is 0. The molecule has 338 valence electrons. The van der Waals surface area contributed by atoms with Gasteiger partial charge in [-0.2, -0.15) is 16.8 Å². The molecule has 0 radical (unpaired) electrons. The number of ether oxygens (including phenoxy) is 2. The van der Waals surface area contributed by atoms with E-state index in [9.17, 15) is 41.5 Å². The van der Waals surface area contributed by atoms with E-state index < -0.39 is 76.9 Å². The van der Waals surface area contributed by atoms with E-state index in [4.69, 9.17) is 14.0 Å². The van der Waals surface area contributed by atoms with Crippen molar-refractivity contribution in [3.63, 3.8) is 0 Å². The third-order valence-corrected chi connectivity index (χ3v) is 11.2. The molecule has 0 spiro atoms. The Bertz CT molecular complexity index is 1250. The van der Waals surface area contributed by atoms with Crippen LogP contribution in [0.1, 0.15) is 181 Å². The van der Waals surface area contributed by atoms with Crippen LogP contribution < -0.4 is 5.32 Å². The van der Waals surface area contributed by atoms with Crippen molar-refractivity contribution < 1.29 is 63.9 Å². The van der Waals surface area contributed by atoms with Gasteiger partial charge in [0, 0.05) is 6.42 Å². The molecule has 0 saturated carbocycles. The van der Waals surface area contributed by atoms with Crippen molar-refractivity contribution in [2.75, 3.05) is 13.2 Å². The molecule has 6 N–H and O–H groups in total. The Kier molecular flexibility index (Phi) is 30.7. The van der Waals surface area contributed by atoms with Gasteiger partial charge >= 0.3 is 20.8 Å². The molecular weight excluding hydrogens is 783 g/mol. The summed E-state index contributed by atoms with van der Waals surface area (Å²) in [6.45, 7) is 2.92. The number of aliphatic hydroxyl groups excluding tert-OH is 3. The van der Waals surface area contributed by atoms with E-state index >= 15 is 0 Å². The van der Waals surface area contributed by atoms with Gasteiger partial charge in [-0.15, -0.1) is 0 Å². The second-order valence-corrected chi connectivity index (χ2v) is 17.6. The number of allylic oxidation sites excluding steroid dienone is 1. The maximum absolute atomic E-state index is 13.0. The van der Waals surface area contributed by atoms with Gasteiger partial charge in [0.1, 0.15) is 24.4 Å². The summed E-state index contributed by atoms with van der Waals surface area (Å²) in [7, 11) is -10.3. The topological polar surface area (TPSA) is 235 Å². The lowest BCUT2D eigenvalue weighted by atomic mass is 9.99. The molecule has 57 heavy (non-hydrogen) atoms. The molecule has 0 aromatic heterocycles. The van der Waals surface area contributed by atoms with Crippen molar-refractivity contribution in [1.29, 1.82) is 0 Å². The highest BCUT2D eigenvalue weighted by Crippen LogP contribution is 2.27. The molecule has 1 saturated heterocycles. The molecule has 1 aliphatic heterocycles.